The second kappa shape index (κ2) is 8.08. The second-order valence-corrected chi connectivity index (χ2v) is 7.49. The highest BCUT2D eigenvalue weighted by Crippen LogP contribution is 2.49. The minimum Gasteiger partial charge on any atom is -0.395 e. The van der Waals surface area contributed by atoms with Gasteiger partial charge in [-0.3, -0.25) is 14.7 Å². The molecule has 2 N–H and O–H groups in total. The third-order valence-corrected chi connectivity index (χ3v) is 5.74. The van der Waals surface area contributed by atoms with Crippen molar-refractivity contribution in [3.63, 3.8) is 0 Å². The van der Waals surface area contributed by atoms with Gasteiger partial charge in [0.05, 0.1) is 13.2 Å². The molecule has 4 unspecified atom stereocenters. The van der Waals surface area contributed by atoms with Crippen LogP contribution in [0.2, 0.25) is 0 Å². The molecule has 1 aromatic heterocycles. The molecule has 2 aliphatic carbocycles. The molecule has 0 saturated heterocycles. The van der Waals surface area contributed by atoms with Crippen LogP contribution in [0.15, 0.2) is 24.5 Å². The lowest BCUT2D eigenvalue weighted by molar-refractivity contribution is -0.123. The Morgan fingerprint density at radius 2 is 2.33 bits per heavy atom. The SMILES string of the molecule is CC(NC(=O)CN(CCO)Cc1cccnc1)C1CC2CCC1C2. The molecular weight excluding hydrogens is 302 g/mol. The number of carbonyl (C=O) groups is 1. The summed E-state index contributed by atoms with van der Waals surface area (Å²) in [5, 5.41) is 12.5. The molecule has 3 rings (SSSR count). The van der Waals surface area contributed by atoms with E-state index in [4.69, 9.17) is 0 Å². The van der Waals surface area contributed by atoms with Crippen molar-refractivity contribution >= 4 is 5.91 Å². The van der Waals surface area contributed by atoms with Gasteiger partial charge in [-0.15, -0.1) is 0 Å². The van der Waals surface area contributed by atoms with Crippen molar-refractivity contribution in [2.45, 2.75) is 45.2 Å². The molecular formula is C19H29N3O2. The third-order valence-electron chi connectivity index (χ3n) is 5.74. The summed E-state index contributed by atoms with van der Waals surface area (Å²) in [7, 11) is 0. The number of carbonyl (C=O) groups excluding carboxylic acids is 1. The molecule has 1 heterocycles. The predicted octanol–water partition coefficient (Wildman–Crippen LogP) is 1.82. The first-order valence-corrected chi connectivity index (χ1v) is 9.17. The minimum absolute atomic E-state index is 0.0511. The minimum atomic E-state index is 0.0511. The average molecular weight is 331 g/mol. The summed E-state index contributed by atoms with van der Waals surface area (Å²) in [6.07, 6.45) is 8.92. The predicted molar refractivity (Wildman–Crippen MR) is 93.1 cm³/mol. The Labute approximate surface area is 144 Å². The summed E-state index contributed by atoms with van der Waals surface area (Å²) in [4.78, 5) is 18.5. The fourth-order valence-corrected chi connectivity index (χ4v) is 4.62. The van der Waals surface area contributed by atoms with Crippen molar-refractivity contribution in [1.82, 2.24) is 15.2 Å². The van der Waals surface area contributed by atoms with Crippen molar-refractivity contribution in [2.75, 3.05) is 19.7 Å². The van der Waals surface area contributed by atoms with E-state index in [1.54, 1.807) is 12.4 Å². The van der Waals surface area contributed by atoms with E-state index in [9.17, 15) is 9.90 Å². The van der Waals surface area contributed by atoms with Crippen LogP contribution in [0.1, 0.15) is 38.2 Å². The van der Waals surface area contributed by atoms with Gasteiger partial charge < -0.3 is 10.4 Å². The number of nitrogens with zero attached hydrogens (tertiary/aromatic N) is 2. The highest BCUT2D eigenvalue weighted by Gasteiger charge is 2.42. The maximum absolute atomic E-state index is 12.4. The Hall–Kier alpha value is -1.46. The number of fused-ring (bicyclic) bond motifs is 2. The number of aromatic nitrogens is 1. The Balaban J connectivity index is 1.49. The zero-order chi connectivity index (χ0) is 16.9. The average Bonchev–Trinajstić information content (AvgIpc) is 3.19. The molecule has 2 saturated carbocycles. The molecule has 1 aromatic rings. The maximum atomic E-state index is 12.4. The Bertz CT molecular complexity index is 537. The standard InChI is InChI=1S/C19H29N3O2/c1-14(18-10-15-4-5-17(18)9-15)21-19(24)13-22(7-8-23)12-16-3-2-6-20-11-16/h2-3,6,11,14-15,17-18,23H,4-5,7-10,12-13H2,1H3,(H,21,24). The number of aliphatic hydroxyl groups excluding tert-OH is 1. The van der Waals surface area contributed by atoms with Gasteiger partial charge in [-0.2, -0.15) is 0 Å². The van der Waals surface area contributed by atoms with Crippen molar-refractivity contribution in [3.8, 4) is 0 Å². The highest BCUT2D eigenvalue weighted by atomic mass is 16.3. The molecule has 1 amide bonds. The summed E-state index contributed by atoms with van der Waals surface area (Å²) in [5.41, 5.74) is 1.06. The van der Waals surface area contributed by atoms with E-state index in [0.717, 1.165) is 17.4 Å². The quantitative estimate of drug-likeness (QED) is 0.762. The van der Waals surface area contributed by atoms with Gasteiger partial charge in [0, 0.05) is 31.5 Å². The van der Waals surface area contributed by atoms with E-state index in [1.807, 2.05) is 17.0 Å². The number of pyridine rings is 1. The molecule has 132 valence electrons. The fourth-order valence-electron chi connectivity index (χ4n) is 4.62. The molecule has 0 aliphatic heterocycles. The number of hydrogen-bond acceptors (Lipinski definition) is 4. The number of rotatable bonds is 8. The van der Waals surface area contributed by atoms with Gasteiger partial charge in [-0.25, -0.2) is 0 Å². The molecule has 4 atom stereocenters. The zero-order valence-electron chi connectivity index (χ0n) is 14.5. The van der Waals surface area contributed by atoms with Crippen LogP contribution in [0, 0.1) is 17.8 Å². The van der Waals surface area contributed by atoms with Crippen LogP contribution in [-0.2, 0) is 11.3 Å². The maximum Gasteiger partial charge on any atom is 0.234 e. The van der Waals surface area contributed by atoms with Crippen molar-refractivity contribution in [1.29, 1.82) is 0 Å². The van der Waals surface area contributed by atoms with Gasteiger partial charge in [-0.05, 0) is 55.6 Å². The topological polar surface area (TPSA) is 65.5 Å². The number of aliphatic hydroxyl groups is 1. The van der Waals surface area contributed by atoms with Crippen LogP contribution in [0.4, 0.5) is 0 Å². The number of nitrogens with one attached hydrogen (secondary N) is 1. The van der Waals surface area contributed by atoms with Gasteiger partial charge >= 0.3 is 0 Å². The van der Waals surface area contributed by atoms with Gasteiger partial charge in [0.15, 0.2) is 0 Å². The third kappa shape index (κ3) is 4.33. The lowest BCUT2D eigenvalue weighted by Gasteiger charge is -2.29. The Morgan fingerprint density at radius 3 is 2.96 bits per heavy atom. The Morgan fingerprint density at radius 1 is 1.46 bits per heavy atom. The van der Waals surface area contributed by atoms with E-state index in [-0.39, 0.29) is 18.6 Å². The molecule has 0 radical (unpaired) electrons. The first-order valence-electron chi connectivity index (χ1n) is 9.17. The van der Waals surface area contributed by atoms with Gasteiger partial charge in [0.2, 0.25) is 5.91 Å². The van der Waals surface area contributed by atoms with Gasteiger partial charge in [-0.1, -0.05) is 12.5 Å². The van der Waals surface area contributed by atoms with Crippen LogP contribution < -0.4 is 5.32 Å². The summed E-state index contributed by atoms with van der Waals surface area (Å²) < 4.78 is 0. The van der Waals surface area contributed by atoms with Crippen LogP contribution in [0.5, 0.6) is 0 Å². The van der Waals surface area contributed by atoms with Gasteiger partial charge in [0.1, 0.15) is 0 Å². The normalized spacial score (nSPS) is 26.7. The molecule has 2 bridgehead atoms. The smallest absolute Gasteiger partial charge is 0.234 e. The van der Waals surface area contributed by atoms with Crippen LogP contribution in [0.3, 0.4) is 0 Å². The lowest BCUT2D eigenvalue weighted by Crippen LogP contribution is -2.45. The van der Waals surface area contributed by atoms with E-state index >= 15 is 0 Å². The van der Waals surface area contributed by atoms with E-state index < -0.39 is 0 Å². The molecule has 5 nitrogen and oxygen atoms in total. The summed E-state index contributed by atoms with van der Waals surface area (Å²) >= 11 is 0. The first-order chi connectivity index (χ1) is 11.7. The lowest BCUT2D eigenvalue weighted by atomic mass is 9.84. The van der Waals surface area contributed by atoms with Crippen LogP contribution in [-0.4, -0.2) is 46.6 Å². The number of amides is 1. The van der Waals surface area contributed by atoms with E-state index in [1.165, 1.54) is 25.7 Å². The molecule has 24 heavy (non-hydrogen) atoms. The molecule has 5 heteroatoms. The summed E-state index contributed by atoms with van der Waals surface area (Å²) in [6, 6.07) is 4.14. The van der Waals surface area contributed by atoms with E-state index in [2.05, 4.69) is 17.2 Å². The number of hydrogen-bond donors (Lipinski definition) is 2. The molecule has 0 spiro atoms. The van der Waals surface area contributed by atoms with Crippen LogP contribution >= 0.6 is 0 Å². The fraction of sp³-hybridized carbons (Fsp3) is 0.684. The highest BCUT2D eigenvalue weighted by molar-refractivity contribution is 5.78. The summed E-state index contributed by atoms with van der Waals surface area (Å²) in [5.74, 6) is 2.42. The van der Waals surface area contributed by atoms with E-state index in [0.29, 0.717) is 25.6 Å². The first kappa shape index (κ1) is 17.4. The summed E-state index contributed by atoms with van der Waals surface area (Å²) in [6.45, 7) is 3.64. The van der Waals surface area contributed by atoms with Crippen molar-refractivity contribution in [3.05, 3.63) is 30.1 Å². The van der Waals surface area contributed by atoms with Gasteiger partial charge in [0.25, 0.3) is 0 Å². The van der Waals surface area contributed by atoms with Crippen molar-refractivity contribution < 1.29 is 9.90 Å². The molecule has 2 aliphatic rings. The van der Waals surface area contributed by atoms with Crippen LogP contribution in [0.25, 0.3) is 0 Å². The van der Waals surface area contributed by atoms with Crippen molar-refractivity contribution in [2.24, 2.45) is 17.8 Å². The zero-order valence-corrected chi connectivity index (χ0v) is 14.5. The Kier molecular flexibility index (Phi) is 5.85. The largest absolute Gasteiger partial charge is 0.395 e. The molecule has 0 aromatic carbocycles. The second-order valence-electron chi connectivity index (χ2n) is 7.49. The monoisotopic (exact) mass is 331 g/mol. The molecule has 2 fully saturated rings.